The number of carbonyl (C=O) groups excluding carboxylic acids is 2. The van der Waals surface area contributed by atoms with Gasteiger partial charge in [-0.25, -0.2) is 9.59 Å². The first-order chi connectivity index (χ1) is 26.5. The summed E-state index contributed by atoms with van der Waals surface area (Å²) in [5.41, 5.74) is 7.25. The lowest BCUT2D eigenvalue weighted by atomic mass is 9.75. The van der Waals surface area contributed by atoms with Crippen LogP contribution in [0.25, 0.3) is 32.9 Å². The number of nitrogens with one attached hydrogen (secondary N) is 2. The molecule has 0 spiro atoms. The van der Waals surface area contributed by atoms with Crippen molar-refractivity contribution in [1.82, 2.24) is 9.97 Å². The molecule has 13 heteroatoms. The Balaban J connectivity index is 0.000000184. The molecule has 0 unspecified atom stereocenters. The molecule has 8 rings (SSSR count). The molecule has 2 aromatic heterocycles. The highest BCUT2D eigenvalue weighted by Crippen LogP contribution is 2.37. The number of fused-ring (bicyclic) bond motifs is 2. The number of carbonyl (C=O) groups is 2. The van der Waals surface area contributed by atoms with Crippen LogP contribution >= 0.6 is 23.2 Å². The van der Waals surface area contributed by atoms with Crippen molar-refractivity contribution in [3.8, 4) is 11.1 Å². The van der Waals surface area contributed by atoms with Crippen LogP contribution in [0.4, 0.5) is 0 Å². The third kappa shape index (κ3) is 8.19. The molecule has 0 saturated carbocycles. The van der Waals surface area contributed by atoms with Crippen molar-refractivity contribution in [1.29, 1.82) is 0 Å². The summed E-state index contributed by atoms with van der Waals surface area (Å²) in [6.07, 6.45) is 3.26. The number of hydrogen-bond acceptors (Lipinski definition) is 8. The van der Waals surface area contributed by atoms with Gasteiger partial charge in [-0.2, -0.15) is 0 Å². The van der Waals surface area contributed by atoms with Gasteiger partial charge in [-0.1, -0.05) is 97.7 Å². The summed E-state index contributed by atoms with van der Waals surface area (Å²) in [4.78, 5) is 30.0. The first kappa shape index (κ1) is 38.7. The molecule has 0 atom stereocenters. The van der Waals surface area contributed by atoms with Crippen LogP contribution in [0.15, 0.2) is 91.3 Å². The molecule has 6 aromatic rings. The number of rotatable bonds is 9. The first-order valence-electron chi connectivity index (χ1n) is 17.8. The summed E-state index contributed by atoms with van der Waals surface area (Å²) < 4.78 is 32.9. The molecule has 55 heavy (non-hydrogen) atoms. The Labute approximate surface area is 329 Å². The van der Waals surface area contributed by atoms with Gasteiger partial charge in [-0.15, -0.1) is 0 Å². The molecule has 4 heterocycles. The smallest absolute Gasteiger partial charge is 0.465 e. The second-order valence-electron chi connectivity index (χ2n) is 14.6. The largest absolute Gasteiger partial charge is 0.495 e. The van der Waals surface area contributed by atoms with Crippen molar-refractivity contribution in [3.05, 3.63) is 124 Å². The van der Waals surface area contributed by atoms with Gasteiger partial charge < -0.3 is 38.2 Å². The number of methoxy groups -OCH3 is 2. The van der Waals surface area contributed by atoms with Gasteiger partial charge in [0.15, 0.2) is 0 Å². The Morgan fingerprint density at radius 2 is 1.35 bits per heavy atom. The van der Waals surface area contributed by atoms with Crippen molar-refractivity contribution < 1.29 is 37.8 Å². The fourth-order valence-corrected chi connectivity index (χ4v) is 7.28. The van der Waals surface area contributed by atoms with Crippen LogP contribution in [0.5, 0.6) is 0 Å². The van der Waals surface area contributed by atoms with E-state index in [1.165, 1.54) is 19.8 Å². The van der Waals surface area contributed by atoms with E-state index < -0.39 is 13.1 Å². The molecule has 2 fully saturated rings. The van der Waals surface area contributed by atoms with Crippen molar-refractivity contribution in [2.24, 2.45) is 5.41 Å². The monoisotopic (exact) mass is 782 g/mol. The maximum absolute atomic E-state index is 12.1. The Kier molecular flexibility index (Phi) is 11.4. The Bertz CT molecular complexity index is 2310. The predicted molar refractivity (Wildman–Crippen MR) is 214 cm³/mol. The first-order valence-corrected chi connectivity index (χ1v) is 18.6. The summed E-state index contributed by atoms with van der Waals surface area (Å²) in [7, 11) is 2.21. The van der Waals surface area contributed by atoms with E-state index >= 15 is 0 Å². The van der Waals surface area contributed by atoms with Crippen LogP contribution in [0.3, 0.4) is 0 Å². The van der Waals surface area contributed by atoms with Gasteiger partial charge in [0, 0.05) is 68.9 Å². The van der Waals surface area contributed by atoms with Crippen molar-refractivity contribution >= 4 is 69.5 Å². The predicted octanol–water partition coefficient (Wildman–Crippen LogP) is 8.14. The molecule has 0 bridgehead atoms. The lowest BCUT2D eigenvalue weighted by Gasteiger charge is -2.41. The van der Waals surface area contributed by atoms with Crippen LogP contribution in [-0.2, 0) is 40.3 Å². The second-order valence-corrected chi connectivity index (χ2v) is 15.4. The van der Waals surface area contributed by atoms with Crippen LogP contribution < -0.4 is 5.46 Å². The van der Waals surface area contributed by atoms with Gasteiger partial charge in [0.1, 0.15) is 0 Å². The second kappa shape index (κ2) is 16.2. The maximum Gasteiger partial charge on any atom is 0.495 e. The van der Waals surface area contributed by atoms with Gasteiger partial charge in [-0.3, -0.25) is 0 Å². The topological polar surface area (TPSA) is 121 Å². The number of aromatic amines is 2. The summed E-state index contributed by atoms with van der Waals surface area (Å²) >= 11 is 12.9. The van der Waals surface area contributed by atoms with E-state index in [0.717, 1.165) is 44.0 Å². The zero-order valence-electron chi connectivity index (χ0n) is 31.0. The van der Waals surface area contributed by atoms with E-state index in [9.17, 15) is 9.59 Å². The highest BCUT2D eigenvalue weighted by atomic mass is 35.5. The number of halogens is 2. The molecular formula is C42H41BCl2N2O8. The van der Waals surface area contributed by atoms with Crippen molar-refractivity contribution in [3.63, 3.8) is 0 Å². The van der Waals surface area contributed by atoms with Crippen LogP contribution in [-0.4, -0.2) is 76.3 Å². The number of ether oxygens (including phenoxy) is 4. The van der Waals surface area contributed by atoms with E-state index in [0.29, 0.717) is 60.8 Å². The van der Waals surface area contributed by atoms with E-state index in [2.05, 4.69) is 60.2 Å². The molecule has 284 valence electrons. The molecule has 2 aliphatic heterocycles. The summed E-state index contributed by atoms with van der Waals surface area (Å²) in [5.74, 6) is -0.779. The molecule has 10 nitrogen and oxygen atoms in total. The van der Waals surface area contributed by atoms with Crippen molar-refractivity contribution in [2.45, 2.75) is 25.9 Å². The van der Waals surface area contributed by atoms with Crippen molar-refractivity contribution in [2.75, 3.05) is 47.3 Å². The zero-order valence-corrected chi connectivity index (χ0v) is 32.5. The molecule has 2 N–H and O–H groups in total. The standard InChI is InChI=1S/C27H24ClNO4.C15H17BClNO4/c1-31-26(30)23-13-29-25-12-24(28)21(11-22(23)25)19-7-9-20(10-8-19)27(16-33-17-27)15-32-14-18-5-3-2-4-6-18;1-15(2)7-21-16(22-8-15)11-4-9-10(14(19)20-3)6-18-13(9)5-12(11)17/h2-13,29H,14-17H2,1H3;4-6,18H,7-8H2,1-3H3. The minimum atomic E-state index is -0.523. The van der Waals surface area contributed by atoms with E-state index in [4.69, 9.17) is 51.5 Å². The average molecular weight is 784 g/mol. The molecule has 0 radical (unpaired) electrons. The van der Waals surface area contributed by atoms with Gasteiger partial charge in [0.25, 0.3) is 0 Å². The Morgan fingerprint density at radius 3 is 1.91 bits per heavy atom. The van der Waals surface area contributed by atoms with Gasteiger partial charge in [0.05, 0.1) is 62.2 Å². The third-order valence-corrected chi connectivity index (χ3v) is 10.6. The lowest BCUT2D eigenvalue weighted by Crippen LogP contribution is -2.50. The number of benzene rings is 4. The fraction of sp³-hybridized carbons (Fsp3) is 0.286. The summed E-state index contributed by atoms with van der Waals surface area (Å²) in [6, 6.07) is 25.9. The van der Waals surface area contributed by atoms with Crippen LogP contribution in [0, 0.1) is 5.41 Å². The molecule has 2 saturated heterocycles. The summed E-state index contributed by atoms with van der Waals surface area (Å²) in [5, 5.41) is 2.67. The number of esters is 2. The Hall–Kier alpha value is -4.62. The normalized spacial score (nSPS) is 15.9. The highest BCUT2D eigenvalue weighted by Gasteiger charge is 2.41. The van der Waals surface area contributed by atoms with E-state index in [1.807, 2.05) is 36.4 Å². The van der Waals surface area contributed by atoms with Gasteiger partial charge in [-0.05, 0) is 34.9 Å². The third-order valence-electron chi connectivity index (χ3n) is 9.94. The van der Waals surface area contributed by atoms with Gasteiger partial charge in [0.2, 0.25) is 0 Å². The molecule has 0 aliphatic carbocycles. The molecule has 4 aromatic carbocycles. The number of aromatic nitrogens is 2. The Morgan fingerprint density at radius 1 is 0.764 bits per heavy atom. The quantitative estimate of drug-likeness (QED) is 0.111. The highest BCUT2D eigenvalue weighted by molar-refractivity contribution is 6.65. The maximum atomic E-state index is 12.1. The zero-order chi connectivity index (χ0) is 38.7. The van der Waals surface area contributed by atoms with Crippen LogP contribution in [0.1, 0.15) is 45.7 Å². The number of hydrogen-bond donors (Lipinski definition) is 2. The summed E-state index contributed by atoms with van der Waals surface area (Å²) in [6.45, 7) is 7.78. The minimum Gasteiger partial charge on any atom is -0.465 e. The number of H-pyrrole nitrogens is 2. The molecular weight excluding hydrogens is 742 g/mol. The van der Waals surface area contributed by atoms with E-state index in [-0.39, 0.29) is 16.8 Å². The minimum absolute atomic E-state index is 0.0155. The molecule has 2 aliphatic rings. The average Bonchev–Trinajstić information content (AvgIpc) is 3.79. The van der Waals surface area contributed by atoms with Crippen LogP contribution in [0.2, 0.25) is 10.0 Å². The lowest BCUT2D eigenvalue weighted by molar-refractivity contribution is -0.101. The van der Waals surface area contributed by atoms with E-state index in [1.54, 1.807) is 18.5 Å². The fourth-order valence-electron chi connectivity index (χ4n) is 6.76. The van der Waals surface area contributed by atoms with Gasteiger partial charge >= 0.3 is 19.1 Å². The SMILES string of the molecule is COC(=O)c1c[nH]c2cc(Cl)c(-c3ccc(C4(COCc5ccccc5)COC4)cc3)cc12.COC(=O)c1c[nH]c2cc(Cl)c(B3OCC(C)(C)CO3)cc12. The molecule has 0 amide bonds.